The Morgan fingerprint density at radius 3 is 2.90 bits per heavy atom. The number of thiophene rings is 1. The number of aromatic nitrogens is 5. The maximum atomic E-state index is 12.6. The Kier molecular flexibility index (Phi) is 5.05. The highest BCUT2D eigenvalue weighted by atomic mass is 32.1. The van der Waals surface area contributed by atoms with Crippen molar-refractivity contribution in [2.75, 3.05) is 5.73 Å². The molecule has 9 heteroatoms. The smallest absolute Gasteiger partial charge is 0.340 e. The van der Waals surface area contributed by atoms with Crippen LogP contribution < -0.4 is 5.73 Å². The molecule has 0 saturated heterocycles. The zero-order valence-electron chi connectivity index (χ0n) is 17.6. The molecule has 160 valence electrons. The minimum Gasteiger partial charge on any atom is -0.454 e. The number of nitrogens with two attached hydrogens (primary N) is 1. The lowest BCUT2D eigenvalue weighted by atomic mass is 10.1. The number of ether oxygens (including phenoxy) is 1. The molecule has 0 aliphatic heterocycles. The fraction of sp³-hybridized carbons (Fsp3) is 0.409. The lowest BCUT2D eigenvalue weighted by molar-refractivity contribution is 0.0462. The van der Waals surface area contributed by atoms with E-state index < -0.39 is 5.97 Å². The molecule has 0 fully saturated rings. The summed E-state index contributed by atoms with van der Waals surface area (Å²) in [5, 5.41) is 6.11. The maximum absolute atomic E-state index is 12.6. The zero-order valence-corrected chi connectivity index (χ0v) is 18.4. The van der Waals surface area contributed by atoms with Gasteiger partial charge in [-0.05, 0) is 51.2 Å². The molecule has 2 N–H and O–H groups in total. The van der Waals surface area contributed by atoms with Crippen LogP contribution in [0.3, 0.4) is 0 Å². The van der Waals surface area contributed by atoms with Gasteiger partial charge in [-0.3, -0.25) is 0 Å². The fourth-order valence-corrected chi connectivity index (χ4v) is 5.40. The summed E-state index contributed by atoms with van der Waals surface area (Å²) in [6.45, 7) is 4.03. The van der Waals surface area contributed by atoms with Gasteiger partial charge in [0.1, 0.15) is 10.6 Å². The van der Waals surface area contributed by atoms with E-state index in [1.807, 2.05) is 18.5 Å². The standard InChI is InChI=1S/C22H24N6O2S/c1-12(2)28-20-13(10-25-28)8-14(9-24-20)22(29)30-11-17-26-19(23)18-15-6-4-3-5-7-16(15)31-21(18)27-17/h8-10,12H,3-7,11H2,1-2H3,(H2,23,26,27). The molecular formula is C22H24N6O2S. The first-order chi connectivity index (χ1) is 15.0. The van der Waals surface area contributed by atoms with E-state index in [9.17, 15) is 4.79 Å². The molecule has 0 aromatic carbocycles. The summed E-state index contributed by atoms with van der Waals surface area (Å²) in [7, 11) is 0. The largest absolute Gasteiger partial charge is 0.454 e. The molecule has 0 bridgehead atoms. The number of nitrogen functional groups attached to an aromatic ring is 1. The second-order valence-corrected chi connectivity index (χ2v) is 9.25. The van der Waals surface area contributed by atoms with E-state index in [-0.39, 0.29) is 12.6 Å². The second-order valence-electron chi connectivity index (χ2n) is 8.17. The Labute approximate surface area is 183 Å². The van der Waals surface area contributed by atoms with Gasteiger partial charge in [0.05, 0.1) is 17.1 Å². The molecule has 31 heavy (non-hydrogen) atoms. The minimum absolute atomic E-state index is 0.0369. The third kappa shape index (κ3) is 3.63. The fourth-order valence-electron chi connectivity index (χ4n) is 4.12. The van der Waals surface area contributed by atoms with Crippen LogP contribution in [0.1, 0.15) is 65.8 Å². The van der Waals surface area contributed by atoms with Crippen molar-refractivity contribution in [2.24, 2.45) is 0 Å². The molecule has 1 aliphatic rings. The van der Waals surface area contributed by atoms with Crippen LogP contribution in [-0.2, 0) is 24.2 Å². The van der Waals surface area contributed by atoms with E-state index in [1.54, 1.807) is 23.6 Å². The van der Waals surface area contributed by atoms with Crippen molar-refractivity contribution >= 4 is 44.4 Å². The van der Waals surface area contributed by atoms with Gasteiger partial charge < -0.3 is 10.5 Å². The number of nitrogens with zero attached hydrogens (tertiary/aromatic N) is 5. The first kappa shape index (κ1) is 19.9. The second kappa shape index (κ2) is 7.88. The number of aryl methyl sites for hydroxylation is 2. The number of pyridine rings is 1. The van der Waals surface area contributed by atoms with Crippen LogP contribution in [0.5, 0.6) is 0 Å². The summed E-state index contributed by atoms with van der Waals surface area (Å²) in [5.41, 5.74) is 8.69. The Bertz CT molecular complexity index is 1290. The molecule has 4 aromatic rings. The SMILES string of the molecule is CC(C)n1ncc2cc(C(=O)OCc3nc(N)c4c5c(sc4n3)CCCCC5)cnc21. The van der Waals surface area contributed by atoms with Crippen LogP contribution in [0.2, 0.25) is 0 Å². The monoisotopic (exact) mass is 436 g/mol. The lowest BCUT2D eigenvalue weighted by Crippen LogP contribution is -2.09. The van der Waals surface area contributed by atoms with E-state index in [1.165, 1.54) is 35.9 Å². The van der Waals surface area contributed by atoms with Crippen LogP contribution in [0.25, 0.3) is 21.3 Å². The third-order valence-corrected chi connectivity index (χ3v) is 6.82. The van der Waals surface area contributed by atoms with Crippen molar-refractivity contribution in [1.82, 2.24) is 24.7 Å². The summed E-state index contributed by atoms with van der Waals surface area (Å²) in [6, 6.07) is 1.93. The third-order valence-electron chi connectivity index (χ3n) is 5.63. The number of hydrogen-bond acceptors (Lipinski definition) is 8. The molecule has 5 rings (SSSR count). The molecule has 1 aliphatic carbocycles. The number of carbonyl (C=O) groups is 1. The quantitative estimate of drug-likeness (QED) is 0.377. The molecule has 4 heterocycles. The highest BCUT2D eigenvalue weighted by Crippen LogP contribution is 2.37. The van der Waals surface area contributed by atoms with E-state index in [0.717, 1.165) is 34.1 Å². The number of hydrogen-bond donors (Lipinski definition) is 1. The van der Waals surface area contributed by atoms with Gasteiger partial charge in [0.2, 0.25) is 0 Å². The highest BCUT2D eigenvalue weighted by Gasteiger charge is 2.20. The molecular weight excluding hydrogens is 412 g/mol. The van der Waals surface area contributed by atoms with Crippen molar-refractivity contribution in [1.29, 1.82) is 0 Å². The van der Waals surface area contributed by atoms with Crippen molar-refractivity contribution in [3.05, 3.63) is 40.3 Å². The Hall–Kier alpha value is -3.07. The molecule has 0 unspecified atom stereocenters. The van der Waals surface area contributed by atoms with Crippen LogP contribution in [0, 0.1) is 0 Å². The number of anilines is 1. The van der Waals surface area contributed by atoms with Gasteiger partial charge in [0, 0.05) is 22.5 Å². The normalized spacial score (nSPS) is 14.2. The number of esters is 1. The number of rotatable bonds is 4. The van der Waals surface area contributed by atoms with E-state index >= 15 is 0 Å². The summed E-state index contributed by atoms with van der Waals surface area (Å²) in [5.74, 6) is 0.409. The summed E-state index contributed by atoms with van der Waals surface area (Å²) in [6.07, 6.45) is 8.94. The van der Waals surface area contributed by atoms with Gasteiger partial charge >= 0.3 is 5.97 Å². The van der Waals surface area contributed by atoms with Crippen LogP contribution in [-0.4, -0.2) is 30.7 Å². The van der Waals surface area contributed by atoms with Gasteiger partial charge in [-0.2, -0.15) is 5.10 Å². The van der Waals surface area contributed by atoms with E-state index in [2.05, 4.69) is 20.1 Å². The van der Waals surface area contributed by atoms with E-state index in [4.69, 9.17) is 10.5 Å². The predicted octanol–water partition coefficient (Wildman–Crippen LogP) is 4.23. The molecule has 0 amide bonds. The Balaban J connectivity index is 1.35. The van der Waals surface area contributed by atoms with Gasteiger partial charge in [0.25, 0.3) is 0 Å². The van der Waals surface area contributed by atoms with Crippen molar-refractivity contribution < 1.29 is 9.53 Å². The van der Waals surface area contributed by atoms with E-state index in [0.29, 0.717) is 17.2 Å². The summed E-state index contributed by atoms with van der Waals surface area (Å²) in [4.78, 5) is 28.3. The van der Waals surface area contributed by atoms with Crippen molar-refractivity contribution in [3.8, 4) is 0 Å². The first-order valence-corrected chi connectivity index (χ1v) is 11.4. The van der Waals surface area contributed by atoms with Crippen LogP contribution >= 0.6 is 11.3 Å². The van der Waals surface area contributed by atoms with Gasteiger partial charge in [-0.15, -0.1) is 11.3 Å². The summed E-state index contributed by atoms with van der Waals surface area (Å²) < 4.78 is 7.28. The van der Waals surface area contributed by atoms with Crippen LogP contribution in [0.4, 0.5) is 5.82 Å². The van der Waals surface area contributed by atoms with Crippen molar-refractivity contribution in [3.63, 3.8) is 0 Å². The lowest BCUT2D eigenvalue weighted by Gasteiger charge is -2.07. The molecule has 0 saturated carbocycles. The zero-order chi connectivity index (χ0) is 21.5. The Morgan fingerprint density at radius 2 is 2.06 bits per heavy atom. The average Bonchev–Trinajstić information content (AvgIpc) is 3.26. The molecule has 8 nitrogen and oxygen atoms in total. The predicted molar refractivity (Wildman–Crippen MR) is 120 cm³/mol. The van der Waals surface area contributed by atoms with Gasteiger partial charge in [0.15, 0.2) is 18.1 Å². The van der Waals surface area contributed by atoms with Gasteiger partial charge in [-0.1, -0.05) is 6.42 Å². The minimum atomic E-state index is -0.476. The van der Waals surface area contributed by atoms with Crippen molar-refractivity contribution in [2.45, 2.75) is 58.6 Å². The molecule has 0 spiro atoms. The molecule has 4 aromatic heterocycles. The maximum Gasteiger partial charge on any atom is 0.340 e. The van der Waals surface area contributed by atoms with Gasteiger partial charge in [-0.25, -0.2) is 24.4 Å². The topological polar surface area (TPSA) is 109 Å². The highest BCUT2D eigenvalue weighted by molar-refractivity contribution is 7.19. The average molecular weight is 437 g/mol. The molecule has 0 atom stereocenters. The number of fused-ring (bicyclic) bond motifs is 4. The first-order valence-electron chi connectivity index (χ1n) is 10.6. The Morgan fingerprint density at radius 1 is 1.23 bits per heavy atom. The van der Waals surface area contributed by atoms with Crippen LogP contribution in [0.15, 0.2) is 18.5 Å². The molecule has 0 radical (unpaired) electrons. The summed E-state index contributed by atoms with van der Waals surface area (Å²) >= 11 is 1.69. The number of carbonyl (C=O) groups excluding carboxylic acids is 1.